The summed E-state index contributed by atoms with van der Waals surface area (Å²) in [5.74, 6) is -0.876. The molecule has 6 heteroatoms. The van der Waals surface area contributed by atoms with Crippen LogP contribution in [0.25, 0.3) is 0 Å². The van der Waals surface area contributed by atoms with E-state index >= 15 is 0 Å². The van der Waals surface area contributed by atoms with Gasteiger partial charge in [-0.05, 0) is 17.7 Å². The van der Waals surface area contributed by atoms with E-state index in [4.69, 9.17) is 10.8 Å². The van der Waals surface area contributed by atoms with Gasteiger partial charge >= 0.3 is 5.97 Å². The van der Waals surface area contributed by atoms with Crippen LogP contribution in [0.2, 0.25) is 0 Å². The summed E-state index contributed by atoms with van der Waals surface area (Å²) in [5.41, 5.74) is 7.65. The fourth-order valence-electron chi connectivity index (χ4n) is 1.33. The van der Waals surface area contributed by atoms with E-state index in [2.05, 4.69) is 0 Å². The number of hydrogen-bond donors (Lipinski definition) is 2. The minimum atomic E-state index is -0.876. The number of carboxylic acid groups (broad SMARTS) is 1. The average Bonchev–Trinajstić information content (AvgIpc) is 2.17. The van der Waals surface area contributed by atoms with Crippen molar-refractivity contribution in [2.45, 2.75) is 12.5 Å². The quantitative estimate of drug-likeness (QED) is 0.886. The topological polar surface area (TPSA) is 66.6 Å². The number of carbonyl (C=O) groups is 1. The predicted molar refractivity (Wildman–Crippen MR) is 74.4 cm³/mol. The van der Waals surface area contributed by atoms with Crippen LogP contribution in [0, 0.1) is 0 Å². The zero-order valence-electron chi connectivity index (χ0n) is 9.79. The third-order valence-electron chi connectivity index (χ3n) is 2.23. The van der Waals surface area contributed by atoms with E-state index in [1.807, 2.05) is 43.3 Å². The van der Waals surface area contributed by atoms with Gasteiger partial charge in [0.1, 0.15) is 0 Å². The Kier molecular flexibility index (Phi) is 8.84. The molecule has 3 N–H and O–H groups in total. The van der Waals surface area contributed by atoms with Crippen molar-refractivity contribution < 1.29 is 9.90 Å². The van der Waals surface area contributed by atoms with Crippen LogP contribution >= 0.6 is 24.8 Å². The number of benzene rings is 1. The zero-order chi connectivity index (χ0) is 11.4. The van der Waals surface area contributed by atoms with Crippen molar-refractivity contribution in [3.05, 3.63) is 29.8 Å². The van der Waals surface area contributed by atoms with E-state index in [1.54, 1.807) is 0 Å². The lowest BCUT2D eigenvalue weighted by Crippen LogP contribution is -2.15. The molecule has 1 atom stereocenters. The van der Waals surface area contributed by atoms with Crippen molar-refractivity contribution in [2.24, 2.45) is 5.73 Å². The van der Waals surface area contributed by atoms with Gasteiger partial charge in [-0.15, -0.1) is 24.8 Å². The third-order valence-corrected chi connectivity index (χ3v) is 2.23. The molecule has 0 saturated heterocycles. The monoisotopic (exact) mass is 280 g/mol. The number of nitrogens with two attached hydrogens (primary N) is 1. The van der Waals surface area contributed by atoms with Gasteiger partial charge in [0.25, 0.3) is 0 Å². The van der Waals surface area contributed by atoms with Crippen molar-refractivity contribution >= 4 is 36.5 Å². The van der Waals surface area contributed by atoms with Gasteiger partial charge in [0.05, 0.1) is 6.42 Å². The largest absolute Gasteiger partial charge is 0.481 e. The fraction of sp³-hybridized carbons (Fsp3) is 0.364. The van der Waals surface area contributed by atoms with Crippen molar-refractivity contribution in [1.82, 2.24) is 0 Å². The summed E-state index contributed by atoms with van der Waals surface area (Å²) in [5, 5.41) is 8.60. The molecule has 0 saturated carbocycles. The lowest BCUT2D eigenvalue weighted by Gasteiger charge is -2.14. The summed E-state index contributed by atoms with van der Waals surface area (Å²) in [6.45, 7) is 0. The number of aliphatic carboxylic acids is 1. The Balaban J connectivity index is 0. The molecule has 0 unspecified atom stereocenters. The highest BCUT2D eigenvalue weighted by Crippen LogP contribution is 2.18. The molecule has 0 fully saturated rings. The lowest BCUT2D eigenvalue weighted by molar-refractivity contribution is -0.137. The first-order valence-corrected chi connectivity index (χ1v) is 4.75. The zero-order valence-corrected chi connectivity index (χ0v) is 11.4. The maximum Gasteiger partial charge on any atom is 0.305 e. The van der Waals surface area contributed by atoms with Gasteiger partial charge in [0.2, 0.25) is 0 Å². The minimum absolute atomic E-state index is 0. The van der Waals surface area contributed by atoms with Crippen molar-refractivity contribution in [3.63, 3.8) is 0 Å². The summed E-state index contributed by atoms with van der Waals surface area (Å²) in [6, 6.07) is 7.15. The first-order chi connectivity index (χ1) is 7.00. The van der Waals surface area contributed by atoms with Gasteiger partial charge in [-0.2, -0.15) is 0 Å². The van der Waals surface area contributed by atoms with Crippen LogP contribution in [-0.4, -0.2) is 25.2 Å². The SMILES string of the molecule is CN(C)c1ccc([C@H](N)CC(=O)O)cc1.Cl.Cl. The number of hydrogen-bond acceptors (Lipinski definition) is 3. The van der Waals surface area contributed by atoms with Crippen molar-refractivity contribution in [1.29, 1.82) is 0 Å². The number of halogens is 2. The number of nitrogens with zero attached hydrogens (tertiary/aromatic N) is 1. The summed E-state index contributed by atoms with van der Waals surface area (Å²) in [7, 11) is 3.90. The Morgan fingerprint density at radius 2 is 1.76 bits per heavy atom. The predicted octanol–water partition coefficient (Wildman–Crippen LogP) is 2.07. The third kappa shape index (κ3) is 5.77. The molecule has 4 nitrogen and oxygen atoms in total. The van der Waals surface area contributed by atoms with Gasteiger partial charge in [-0.3, -0.25) is 4.79 Å². The Hall–Kier alpha value is -0.970. The average molecular weight is 281 g/mol. The Morgan fingerprint density at radius 1 is 1.29 bits per heavy atom. The Morgan fingerprint density at radius 3 is 2.12 bits per heavy atom. The molecule has 0 heterocycles. The summed E-state index contributed by atoms with van der Waals surface area (Å²) in [4.78, 5) is 12.4. The fourth-order valence-corrected chi connectivity index (χ4v) is 1.33. The van der Waals surface area contributed by atoms with Crippen LogP contribution in [0.3, 0.4) is 0 Å². The molecule has 1 rings (SSSR count). The maximum absolute atomic E-state index is 10.5. The second kappa shape index (κ2) is 8.17. The summed E-state index contributed by atoms with van der Waals surface area (Å²) in [6.07, 6.45) is -0.0404. The summed E-state index contributed by atoms with van der Waals surface area (Å²) < 4.78 is 0. The molecule has 0 aromatic heterocycles. The van der Waals surface area contributed by atoms with Crippen LogP contribution in [0.4, 0.5) is 5.69 Å². The molecule has 0 radical (unpaired) electrons. The molecule has 0 bridgehead atoms. The number of rotatable bonds is 4. The molecule has 0 spiro atoms. The number of carboxylic acids is 1. The van der Waals surface area contributed by atoms with E-state index < -0.39 is 12.0 Å². The highest BCUT2D eigenvalue weighted by molar-refractivity contribution is 5.85. The molecular formula is C11H18Cl2N2O2. The van der Waals surface area contributed by atoms with Crippen molar-refractivity contribution in [3.8, 4) is 0 Å². The molecule has 0 amide bonds. The second-order valence-electron chi connectivity index (χ2n) is 3.69. The van der Waals surface area contributed by atoms with Gasteiger partial charge < -0.3 is 15.7 Å². The molecule has 1 aromatic rings. The second-order valence-corrected chi connectivity index (χ2v) is 3.69. The van der Waals surface area contributed by atoms with E-state index in [0.29, 0.717) is 0 Å². The standard InChI is InChI=1S/C11H16N2O2.2ClH/c1-13(2)9-5-3-8(4-6-9)10(12)7-11(14)15;;/h3-6,10H,7,12H2,1-2H3,(H,14,15);2*1H/t10-;;/m1../s1. The highest BCUT2D eigenvalue weighted by atomic mass is 35.5. The first-order valence-electron chi connectivity index (χ1n) is 4.75. The smallest absolute Gasteiger partial charge is 0.305 e. The number of anilines is 1. The highest BCUT2D eigenvalue weighted by Gasteiger charge is 2.10. The Labute approximate surface area is 114 Å². The van der Waals surface area contributed by atoms with E-state index in [1.165, 1.54) is 0 Å². The molecule has 17 heavy (non-hydrogen) atoms. The summed E-state index contributed by atoms with van der Waals surface area (Å²) >= 11 is 0. The van der Waals surface area contributed by atoms with Gasteiger partial charge in [0, 0.05) is 25.8 Å². The van der Waals surface area contributed by atoms with Gasteiger partial charge in [-0.1, -0.05) is 12.1 Å². The molecule has 98 valence electrons. The van der Waals surface area contributed by atoms with E-state index in [9.17, 15) is 4.79 Å². The van der Waals surface area contributed by atoms with Crippen LogP contribution in [0.5, 0.6) is 0 Å². The van der Waals surface area contributed by atoms with Crippen LogP contribution < -0.4 is 10.6 Å². The molecule has 0 aliphatic carbocycles. The minimum Gasteiger partial charge on any atom is -0.481 e. The van der Waals surface area contributed by atoms with Gasteiger partial charge in [-0.25, -0.2) is 0 Å². The van der Waals surface area contributed by atoms with Crippen LogP contribution in [0.15, 0.2) is 24.3 Å². The van der Waals surface area contributed by atoms with E-state index in [0.717, 1.165) is 11.3 Å². The van der Waals surface area contributed by atoms with Crippen LogP contribution in [-0.2, 0) is 4.79 Å². The normalized spacial score (nSPS) is 10.8. The maximum atomic E-state index is 10.5. The van der Waals surface area contributed by atoms with Crippen LogP contribution in [0.1, 0.15) is 18.0 Å². The van der Waals surface area contributed by atoms with Gasteiger partial charge in [0.15, 0.2) is 0 Å². The molecular weight excluding hydrogens is 263 g/mol. The Bertz CT molecular complexity index is 342. The van der Waals surface area contributed by atoms with Crippen molar-refractivity contribution in [2.75, 3.05) is 19.0 Å². The molecule has 1 aromatic carbocycles. The molecule has 0 aliphatic rings. The lowest BCUT2D eigenvalue weighted by atomic mass is 10.0. The molecule has 0 aliphatic heterocycles. The first kappa shape index (κ1) is 18.4. The van der Waals surface area contributed by atoms with E-state index in [-0.39, 0.29) is 31.2 Å².